The Morgan fingerprint density at radius 1 is 1.06 bits per heavy atom. The van der Waals surface area contributed by atoms with Gasteiger partial charge in [0.25, 0.3) is 0 Å². The lowest BCUT2D eigenvalue weighted by molar-refractivity contribution is -0.115. The van der Waals surface area contributed by atoms with Gasteiger partial charge in [0, 0.05) is 23.3 Å². The fourth-order valence-corrected chi connectivity index (χ4v) is 4.56. The molecule has 4 aromatic rings. The van der Waals surface area contributed by atoms with Crippen LogP contribution in [-0.4, -0.2) is 23.8 Å². The minimum atomic E-state index is -0.484. The fraction of sp³-hybridized carbons (Fsp3) is 0.138. The van der Waals surface area contributed by atoms with Gasteiger partial charge < -0.3 is 10.1 Å². The minimum Gasteiger partial charge on any atom is -0.497 e. The van der Waals surface area contributed by atoms with E-state index in [9.17, 15) is 14.4 Å². The van der Waals surface area contributed by atoms with Gasteiger partial charge in [-0.3, -0.25) is 4.79 Å². The van der Waals surface area contributed by atoms with Crippen molar-refractivity contribution in [1.82, 2.24) is 4.98 Å². The molecular weight excluding hydrogens is 473 g/mol. The number of carbonyl (C=O) groups excluding carboxylic acids is 1. The van der Waals surface area contributed by atoms with Crippen LogP contribution in [0.2, 0.25) is 0 Å². The molecule has 5 nitrogen and oxygen atoms in total. The SMILES string of the molecule is COc1ccc(-c2cc(-c3ccc(C)cc3)c(C#N)c(SCCC(=O)Nc3ccccc3F)n2)cc1. The van der Waals surface area contributed by atoms with Gasteiger partial charge in [-0.1, -0.05) is 42.0 Å². The summed E-state index contributed by atoms with van der Waals surface area (Å²) in [5.74, 6) is 0.320. The van der Waals surface area contributed by atoms with Gasteiger partial charge in [0.15, 0.2) is 0 Å². The van der Waals surface area contributed by atoms with Gasteiger partial charge in [0.2, 0.25) is 5.91 Å². The summed E-state index contributed by atoms with van der Waals surface area (Å²) in [6.07, 6.45) is 0.137. The highest BCUT2D eigenvalue weighted by atomic mass is 32.2. The molecule has 4 rings (SSSR count). The van der Waals surface area contributed by atoms with Gasteiger partial charge in [-0.2, -0.15) is 5.26 Å². The number of nitriles is 1. The number of methoxy groups -OCH3 is 1. The van der Waals surface area contributed by atoms with E-state index < -0.39 is 5.82 Å². The van der Waals surface area contributed by atoms with Crippen molar-refractivity contribution in [3.8, 4) is 34.2 Å². The van der Waals surface area contributed by atoms with Crippen molar-refractivity contribution in [2.45, 2.75) is 18.4 Å². The van der Waals surface area contributed by atoms with Crippen molar-refractivity contribution in [2.75, 3.05) is 18.2 Å². The number of hydrogen-bond acceptors (Lipinski definition) is 5. The molecule has 0 aliphatic rings. The largest absolute Gasteiger partial charge is 0.497 e. The van der Waals surface area contributed by atoms with Crippen LogP contribution in [0.1, 0.15) is 17.5 Å². The van der Waals surface area contributed by atoms with Gasteiger partial charge in [-0.05, 0) is 55.0 Å². The van der Waals surface area contributed by atoms with Crippen molar-refractivity contribution < 1.29 is 13.9 Å². The second kappa shape index (κ2) is 11.5. The molecule has 0 aliphatic heterocycles. The molecule has 0 saturated heterocycles. The van der Waals surface area contributed by atoms with Crippen molar-refractivity contribution in [3.05, 3.63) is 95.8 Å². The number of halogens is 1. The Morgan fingerprint density at radius 3 is 2.42 bits per heavy atom. The number of thioether (sulfide) groups is 1. The molecule has 1 aromatic heterocycles. The molecule has 1 amide bonds. The summed E-state index contributed by atoms with van der Waals surface area (Å²) in [4.78, 5) is 17.2. The first-order chi connectivity index (χ1) is 17.5. The lowest BCUT2D eigenvalue weighted by atomic mass is 9.98. The van der Waals surface area contributed by atoms with E-state index in [0.29, 0.717) is 22.0 Å². The number of aryl methyl sites for hydroxylation is 1. The van der Waals surface area contributed by atoms with Gasteiger partial charge in [0.1, 0.15) is 22.7 Å². The first-order valence-corrected chi connectivity index (χ1v) is 12.3. The van der Waals surface area contributed by atoms with E-state index in [4.69, 9.17) is 9.72 Å². The number of pyridine rings is 1. The number of para-hydroxylation sites is 1. The summed E-state index contributed by atoms with van der Waals surface area (Å²) in [6.45, 7) is 2.01. The molecule has 3 aromatic carbocycles. The molecular formula is C29H24FN3O2S. The predicted octanol–water partition coefficient (Wildman–Crippen LogP) is 6.86. The zero-order valence-electron chi connectivity index (χ0n) is 19.9. The third-order valence-corrected chi connectivity index (χ3v) is 6.54. The number of nitrogens with zero attached hydrogens (tertiary/aromatic N) is 2. The lowest BCUT2D eigenvalue weighted by Crippen LogP contribution is -2.13. The van der Waals surface area contributed by atoms with Crippen LogP contribution in [0.3, 0.4) is 0 Å². The number of hydrogen-bond donors (Lipinski definition) is 1. The van der Waals surface area contributed by atoms with Gasteiger partial charge in [-0.25, -0.2) is 9.37 Å². The predicted molar refractivity (Wildman–Crippen MR) is 141 cm³/mol. The molecule has 180 valence electrons. The van der Waals surface area contributed by atoms with E-state index in [1.807, 2.05) is 61.5 Å². The maximum atomic E-state index is 13.8. The van der Waals surface area contributed by atoms with Crippen LogP contribution in [-0.2, 0) is 4.79 Å². The van der Waals surface area contributed by atoms with Crippen LogP contribution in [0, 0.1) is 24.1 Å². The highest BCUT2D eigenvalue weighted by Crippen LogP contribution is 2.35. The average molecular weight is 498 g/mol. The van der Waals surface area contributed by atoms with E-state index >= 15 is 0 Å². The van der Waals surface area contributed by atoms with Crippen molar-refractivity contribution in [3.63, 3.8) is 0 Å². The third kappa shape index (κ3) is 5.91. The molecule has 0 fully saturated rings. The molecule has 0 atom stereocenters. The third-order valence-electron chi connectivity index (χ3n) is 5.56. The number of amides is 1. The number of ether oxygens (including phenoxy) is 1. The van der Waals surface area contributed by atoms with Gasteiger partial charge in [-0.15, -0.1) is 11.8 Å². The minimum absolute atomic E-state index is 0.137. The van der Waals surface area contributed by atoms with E-state index in [1.165, 1.54) is 23.9 Å². The summed E-state index contributed by atoms with van der Waals surface area (Å²) in [7, 11) is 1.61. The number of aromatic nitrogens is 1. The topological polar surface area (TPSA) is 75.0 Å². The van der Waals surface area contributed by atoms with Crippen LogP contribution in [0.15, 0.2) is 83.9 Å². The number of nitrogens with one attached hydrogen (secondary N) is 1. The molecule has 1 heterocycles. The normalized spacial score (nSPS) is 10.5. The Hall–Kier alpha value is -4.15. The smallest absolute Gasteiger partial charge is 0.225 e. The zero-order chi connectivity index (χ0) is 25.5. The molecule has 0 saturated carbocycles. The Kier molecular flexibility index (Phi) is 7.99. The second-order valence-electron chi connectivity index (χ2n) is 8.07. The van der Waals surface area contributed by atoms with Gasteiger partial charge >= 0.3 is 0 Å². The number of benzene rings is 3. The molecule has 0 unspecified atom stereocenters. The second-order valence-corrected chi connectivity index (χ2v) is 9.15. The number of carbonyl (C=O) groups is 1. The van der Waals surface area contributed by atoms with Crippen LogP contribution >= 0.6 is 11.8 Å². The lowest BCUT2D eigenvalue weighted by Gasteiger charge is -2.13. The molecule has 0 radical (unpaired) electrons. The molecule has 7 heteroatoms. The van der Waals surface area contributed by atoms with Crippen molar-refractivity contribution in [1.29, 1.82) is 5.26 Å². The molecule has 0 bridgehead atoms. The quantitative estimate of drug-likeness (QED) is 0.269. The van der Waals surface area contributed by atoms with Crippen LogP contribution in [0.25, 0.3) is 22.4 Å². The van der Waals surface area contributed by atoms with Crippen molar-refractivity contribution in [2.24, 2.45) is 0 Å². The Bertz CT molecular complexity index is 1410. The fourth-order valence-electron chi connectivity index (χ4n) is 3.62. The molecule has 1 N–H and O–H groups in total. The molecule has 0 aliphatic carbocycles. The van der Waals surface area contributed by atoms with Crippen LogP contribution < -0.4 is 10.1 Å². The Balaban J connectivity index is 1.63. The highest BCUT2D eigenvalue weighted by Gasteiger charge is 2.17. The van der Waals surface area contributed by atoms with Gasteiger partial charge in [0.05, 0.1) is 24.1 Å². The summed E-state index contributed by atoms with van der Waals surface area (Å²) in [5.41, 5.74) is 5.00. The van der Waals surface area contributed by atoms with E-state index in [2.05, 4.69) is 11.4 Å². The first-order valence-electron chi connectivity index (χ1n) is 11.3. The van der Waals surface area contributed by atoms with E-state index in [1.54, 1.807) is 19.2 Å². The summed E-state index contributed by atoms with van der Waals surface area (Å²) < 4.78 is 19.1. The molecule has 36 heavy (non-hydrogen) atoms. The average Bonchev–Trinajstić information content (AvgIpc) is 2.90. The highest BCUT2D eigenvalue weighted by molar-refractivity contribution is 7.99. The number of rotatable bonds is 8. The summed E-state index contributed by atoms with van der Waals surface area (Å²) in [6, 6.07) is 25.8. The van der Waals surface area contributed by atoms with Crippen LogP contribution in [0.5, 0.6) is 5.75 Å². The van der Waals surface area contributed by atoms with Crippen molar-refractivity contribution >= 4 is 23.4 Å². The monoisotopic (exact) mass is 497 g/mol. The first kappa shape index (κ1) is 25.0. The summed E-state index contributed by atoms with van der Waals surface area (Å²) >= 11 is 1.33. The Morgan fingerprint density at radius 2 is 1.75 bits per heavy atom. The van der Waals surface area contributed by atoms with E-state index in [0.717, 1.165) is 28.0 Å². The Labute approximate surface area is 214 Å². The molecule has 0 spiro atoms. The maximum absolute atomic E-state index is 13.8. The van der Waals surface area contributed by atoms with Crippen LogP contribution in [0.4, 0.5) is 10.1 Å². The number of anilines is 1. The zero-order valence-corrected chi connectivity index (χ0v) is 20.7. The van der Waals surface area contributed by atoms with E-state index in [-0.39, 0.29) is 18.0 Å². The maximum Gasteiger partial charge on any atom is 0.225 e. The summed E-state index contributed by atoms with van der Waals surface area (Å²) in [5, 5.41) is 13.2. The standard InChI is InChI=1S/C29H24FN3O2S/c1-19-7-9-20(10-8-19)23-17-27(21-11-13-22(35-2)14-12-21)33-29(24(23)18-31)36-16-15-28(34)32-26-6-4-3-5-25(26)30/h3-14,17H,15-16H2,1-2H3,(H,32,34).